The molecular formula is C23H31N2O3+. The summed E-state index contributed by atoms with van der Waals surface area (Å²) in [5, 5.41) is 9.85. The zero-order valence-electron chi connectivity index (χ0n) is 16.9. The number of aromatic hydroxyl groups is 1. The Kier molecular flexibility index (Phi) is 6.93. The van der Waals surface area contributed by atoms with Crippen molar-refractivity contribution >= 4 is 5.91 Å². The van der Waals surface area contributed by atoms with Gasteiger partial charge in [0.15, 0.2) is 11.5 Å². The number of piperidine rings is 1. The lowest BCUT2D eigenvalue weighted by atomic mass is 9.95. The molecule has 2 aromatic carbocycles. The van der Waals surface area contributed by atoms with Gasteiger partial charge in [0.05, 0.1) is 19.7 Å². The van der Waals surface area contributed by atoms with Gasteiger partial charge in [-0.3, -0.25) is 4.79 Å². The summed E-state index contributed by atoms with van der Waals surface area (Å²) in [6.45, 7) is 5.98. The van der Waals surface area contributed by atoms with Crippen LogP contribution in [0.2, 0.25) is 0 Å². The first kappa shape index (κ1) is 20.2. The van der Waals surface area contributed by atoms with Crippen molar-refractivity contribution in [2.24, 2.45) is 5.92 Å². The van der Waals surface area contributed by atoms with Gasteiger partial charge in [0.1, 0.15) is 6.54 Å². The molecule has 0 aromatic heterocycles. The molecule has 28 heavy (non-hydrogen) atoms. The summed E-state index contributed by atoms with van der Waals surface area (Å²) in [5.41, 5.74) is 2.32. The number of carbonyl (C=O) groups is 1. The van der Waals surface area contributed by atoms with Gasteiger partial charge in [-0.25, -0.2) is 0 Å². The van der Waals surface area contributed by atoms with E-state index in [0.29, 0.717) is 18.9 Å². The zero-order chi connectivity index (χ0) is 19.9. The van der Waals surface area contributed by atoms with Gasteiger partial charge in [-0.05, 0) is 30.7 Å². The molecule has 0 bridgehead atoms. The van der Waals surface area contributed by atoms with Crippen LogP contribution in [0, 0.1) is 5.92 Å². The molecule has 1 aliphatic heterocycles. The number of nitrogens with zero attached hydrogens (tertiary/aromatic N) is 1. The monoisotopic (exact) mass is 383 g/mol. The molecule has 0 atom stereocenters. The average Bonchev–Trinajstić information content (AvgIpc) is 2.71. The first-order valence-corrected chi connectivity index (χ1v) is 10.1. The van der Waals surface area contributed by atoms with E-state index in [-0.39, 0.29) is 17.6 Å². The molecule has 1 fully saturated rings. The molecule has 5 heteroatoms. The lowest BCUT2D eigenvalue weighted by Crippen LogP contribution is -3.11. The zero-order valence-corrected chi connectivity index (χ0v) is 16.9. The maximum absolute atomic E-state index is 12.8. The largest absolute Gasteiger partial charge is 0.504 e. The molecule has 3 rings (SSSR count). The molecule has 1 aliphatic rings. The molecular weight excluding hydrogens is 352 g/mol. The minimum Gasteiger partial charge on any atom is -0.504 e. The number of hydrogen-bond donors (Lipinski definition) is 2. The quantitative estimate of drug-likeness (QED) is 0.771. The average molecular weight is 384 g/mol. The number of rotatable bonds is 7. The molecule has 0 unspecified atom stereocenters. The Labute approximate surface area is 167 Å². The molecule has 0 radical (unpaired) electrons. The molecule has 0 spiro atoms. The Morgan fingerprint density at radius 2 is 1.86 bits per heavy atom. The van der Waals surface area contributed by atoms with Crippen LogP contribution in [0.15, 0.2) is 48.5 Å². The van der Waals surface area contributed by atoms with Gasteiger partial charge in [-0.1, -0.05) is 30.3 Å². The van der Waals surface area contributed by atoms with Crippen molar-refractivity contribution in [3.8, 4) is 11.5 Å². The maximum Gasteiger partial charge on any atom is 0.226 e. The summed E-state index contributed by atoms with van der Waals surface area (Å²) in [5.74, 6) is 1.11. The number of nitrogens with one attached hydrogen (secondary N) is 1. The Balaban J connectivity index is 1.50. The van der Waals surface area contributed by atoms with Crippen LogP contribution in [0.25, 0.3) is 0 Å². The molecule has 1 amide bonds. The van der Waals surface area contributed by atoms with E-state index in [1.54, 1.807) is 6.07 Å². The molecule has 0 aliphatic carbocycles. The number of amides is 1. The van der Waals surface area contributed by atoms with Gasteiger partial charge >= 0.3 is 0 Å². The van der Waals surface area contributed by atoms with Gasteiger partial charge < -0.3 is 19.6 Å². The summed E-state index contributed by atoms with van der Waals surface area (Å²) in [6, 6.07) is 15.7. The lowest BCUT2D eigenvalue weighted by molar-refractivity contribution is -0.919. The van der Waals surface area contributed by atoms with E-state index in [1.807, 2.05) is 49.2 Å². The van der Waals surface area contributed by atoms with Gasteiger partial charge in [0.25, 0.3) is 0 Å². The molecule has 2 N–H and O–H groups in total. The van der Waals surface area contributed by atoms with Gasteiger partial charge in [0, 0.05) is 37.9 Å². The highest BCUT2D eigenvalue weighted by Gasteiger charge is 2.29. The molecule has 5 nitrogen and oxygen atoms in total. The van der Waals surface area contributed by atoms with Gasteiger partial charge in [-0.2, -0.15) is 0 Å². The predicted molar refractivity (Wildman–Crippen MR) is 109 cm³/mol. The van der Waals surface area contributed by atoms with Crippen LogP contribution in [0.5, 0.6) is 11.5 Å². The van der Waals surface area contributed by atoms with Gasteiger partial charge in [-0.15, -0.1) is 0 Å². The van der Waals surface area contributed by atoms with E-state index in [1.165, 1.54) is 10.5 Å². The standard InChI is InChI=1S/C23H30N2O3/c1-3-28-22-15-19(9-10-21(22)26)17-25-13-11-20(12-14-25)23(27)24(2)16-18-7-5-4-6-8-18/h4-10,15,20,26H,3,11-14,16-17H2,1-2H3/p+1. The second kappa shape index (κ2) is 9.60. The Morgan fingerprint density at radius 3 is 2.54 bits per heavy atom. The summed E-state index contributed by atoms with van der Waals surface area (Å²) < 4.78 is 5.48. The van der Waals surface area contributed by atoms with Crippen LogP contribution in [-0.2, 0) is 17.9 Å². The fourth-order valence-corrected chi connectivity index (χ4v) is 3.92. The van der Waals surface area contributed by atoms with Crippen molar-refractivity contribution in [2.45, 2.75) is 32.9 Å². The number of carbonyl (C=O) groups excluding carboxylic acids is 1. The highest BCUT2D eigenvalue weighted by molar-refractivity contribution is 5.78. The van der Waals surface area contributed by atoms with E-state index in [0.717, 1.165) is 38.0 Å². The SMILES string of the molecule is CCOc1cc(C[NH+]2CCC(C(=O)N(C)Cc3ccccc3)CC2)ccc1O. The first-order chi connectivity index (χ1) is 13.6. The highest BCUT2D eigenvalue weighted by atomic mass is 16.5. The summed E-state index contributed by atoms with van der Waals surface area (Å²) in [4.78, 5) is 16.1. The summed E-state index contributed by atoms with van der Waals surface area (Å²) >= 11 is 0. The molecule has 1 heterocycles. The second-order valence-corrected chi connectivity index (χ2v) is 7.62. The summed E-state index contributed by atoms with van der Waals surface area (Å²) in [6.07, 6.45) is 1.84. The number of hydrogen-bond acceptors (Lipinski definition) is 3. The van der Waals surface area contributed by atoms with E-state index in [9.17, 15) is 9.90 Å². The first-order valence-electron chi connectivity index (χ1n) is 10.1. The predicted octanol–water partition coefficient (Wildman–Crippen LogP) is 2.24. The minimum atomic E-state index is 0.122. The fraction of sp³-hybridized carbons (Fsp3) is 0.435. The number of quaternary nitrogens is 1. The third kappa shape index (κ3) is 5.26. The number of phenols is 1. The van der Waals surface area contributed by atoms with Gasteiger partial charge in [0.2, 0.25) is 5.91 Å². The molecule has 150 valence electrons. The Morgan fingerprint density at radius 1 is 1.14 bits per heavy atom. The molecule has 2 aromatic rings. The van der Waals surface area contributed by atoms with E-state index in [4.69, 9.17) is 4.74 Å². The Bertz CT molecular complexity index is 771. The number of likely N-dealkylation sites (tertiary alicyclic amines) is 1. The maximum atomic E-state index is 12.8. The van der Waals surface area contributed by atoms with Crippen LogP contribution < -0.4 is 9.64 Å². The van der Waals surface area contributed by atoms with Crippen LogP contribution in [-0.4, -0.2) is 42.7 Å². The van der Waals surface area contributed by atoms with Crippen LogP contribution in [0.1, 0.15) is 30.9 Å². The van der Waals surface area contributed by atoms with E-state index < -0.39 is 0 Å². The van der Waals surface area contributed by atoms with Crippen molar-refractivity contribution in [2.75, 3.05) is 26.7 Å². The third-order valence-corrected chi connectivity index (χ3v) is 5.46. The third-order valence-electron chi connectivity index (χ3n) is 5.46. The highest BCUT2D eigenvalue weighted by Crippen LogP contribution is 2.26. The fourth-order valence-electron chi connectivity index (χ4n) is 3.92. The minimum absolute atomic E-state index is 0.122. The number of benzene rings is 2. The van der Waals surface area contributed by atoms with Crippen LogP contribution in [0.3, 0.4) is 0 Å². The molecule has 1 saturated heterocycles. The topological polar surface area (TPSA) is 54.2 Å². The van der Waals surface area contributed by atoms with Crippen molar-refractivity contribution < 1.29 is 19.5 Å². The molecule has 0 saturated carbocycles. The normalized spacial score (nSPS) is 19.2. The second-order valence-electron chi connectivity index (χ2n) is 7.62. The number of ether oxygens (including phenoxy) is 1. The number of phenolic OH excluding ortho intramolecular Hbond substituents is 1. The van der Waals surface area contributed by atoms with Crippen LogP contribution >= 0.6 is 0 Å². The van der Waals surface area contributed by atoms with Crippen LogP contribution in [0.4, 0.5) is 0 Å². The van der Waals surface area contributed by atoms with Crippen molar-refractivity contribution in [3.63, 3.8) is 0 Å². The van der Waals surface area contributed by atoms with E-state index >= 15 is 0 Å². The summed E-state index contributed by atoms with van der Waals surface area (Å²) in [7, 11) is 1.90. The Hall–Kier alpha value is -2.53. The smallest absolute Gasteiger partial charge is 0.226 e. The van der Waals surface area contributed by atoms with Crippen molar-refractivity contribution in [1.82, 2.24) is 4.90 Å². The lowest BCUT2D eigenvalue weighted by Gasteiger charge is -2.31. The van der Waals surface area contributed by atoms with Crippen molar-refractivity contribution in [3.05, 3.63) is 59.7 Å². The van der Waals surface area contributed by atoms with Crippen molar-refractivity contribution in [1.29, 1.82) is 0 Å². The van der Waals surface area contributed by atoms with E-state index in [2.05, 4.69) is 12.1 Å².